The summed E-state index contributed by atoms with van der Waals surface area (Å²) in [6.45, 7) is -0.340. The van der Waals surface area contributed by atoms with E-state index in [-0.39, 0.29) is 12.1 Å². The Labute approximate surface area is 192 Å². The average molecular weight is 444 g/mol. The number of amides is 3. The Kier molecular flexibility index (Phi) is 8.36. The van der Waals surface area contributed by atoms with Crippen LogP contribution < -0.4 is 15.4 Å². The zero-order valence-corrected chi connectivity index (χ0v) is 18.1. The molecule has 0 aliphatic carbocycles. The number of hydrogen-bond acceptors (Lipinski definition) is 5. The maximum absolute atomic E-state index is 12.8. The van der Waals surface area contributed by atoms with E-state index in [4.69, 9.17) is 9.47 Å². The number of ether oxygens (including phenoxy) is 2. The van der Waals surface area contributed by atoms with Crippen LogP contribution in [0.25, 0.3) is 11.6 Å². The molecule has 2 N–H and O–H groups in total. The van der Waals surface area contributed by atoms with Gasteiger partial charge in [-0.3, -0.25) is 10.1 Å². The van der Waals surface area contributed by atoms with Crippen molar-refractivity contribution in [3.63, 3.8) is 0 Å². The van der Waals surface area contributed by atoms with Crippen molar-refractivity contribution in [2.75, 3.05) is 13.7 Å². The minimum atomic E-state index is -0.737. The molecule has 7 nitrogen and oxygen atoms in total. The highest BCUT2D eigenvalue weighted by Crippen LogP contribution is 2.25. The van der Waals surface area contributed by atoms with Crippen LogP contribution >= 0.6 is 0 Å². The van der Waals surface area contributed by atoms with Crippen LogP contribution in [0.3, 0.4) is 0 Å². The van der Waals surface area contributed by atoms with Crippen LogP contribution in [-0.2, 0) is 20.9 Å². The van der Waals surface area contributed by atoms with Gasteiger partial charge in [-0.2, -0.15) is 0 Å². The van der Waals surface area contributed by atoms with Crippen molar-refractivity contribution >= 4 is 29.6 Å². The summed E-state index contributed by atoms with van der Waals surface area (Å²) in [7, 11) is 1.54. The number of rotatable bonds is 8. The molecule has 0 aromatic heterocycles. The van der Waals surface area contributed by atoms with Gasteiger partial charge >= 0.3 is 12.0 Å². The summed E-state index contributed by atoms with van der Waals surface area (Å²) in [5.74, 6) is -0.850. The smallest absolute Gasteiger partial charge is 0.339 e. The summed E-state index contributed by atoms with van der Waals surface area (Å²) in [6, 6.07) is 24.8. The fraction of sp³-hybridized carbons (Fsp3) is 0.115. The van der Waals surface area contributed by atoms with Gasteiger partial charge in [0.1, 0.15) is 5.75 Å². The molecule has 0 saturated carbocycles. The molecule has 0 radical (unpaired) electrons. The first kappa shape index (κ1) is 23.3. The van der Waals surface area contributed by atoms with Gasteiger partial charge in [0.15, 0.2) is 6.61 Å². The summed E-state index contributed by atoms with van der Waals surface area (Å²) in [5, 5.41) is 4.72. The number of imide groups is 1. The van der Waals surface area contributed by atoms with E-state index in [1.165, 1.54) is 0 Å². The van der Waals surface area contributed by atoms with Gasteiger partial charge in [-0.1, -0.05) is 78.9 Å². The molecule has 0 unspecified atom stereocenters. The summed E-state index contributed by atoms with van der Waals surface area (Å²) in [5.41, 5.74) is 2.44. The topological polar surface area (TPSA) is 93.7 Å². The van der Waals surface area contributed by atoms with Gasteiger partial charge in [0.2, 0.25) is 0 Å². The second-order valence-corrected chi connectivity index (χ2v) is 6.96. The van der Waals surface area contributed by atoms with Crippen LogP contribution in [0.5, 0.6) is 5.75 Å². The Morgan fingerprint density at radius 1 is 0.848 bits per heavy atom. The highest BCUT2D eigenvalue weighted by molar-refractivity contribution is 6.22. The molecule has 3 aromatic carbocycles. The second-order valence-electron chi connectivity index (χ2n) is 6.96. The third-order valence-corrected chi connectivity index (χ3v) is 4.63. The van der Waals surface area contributed by atoms with Crippen LogP contribution in [0.1, 0.15) is 16.7 Å². The lowest BCUT2D eigenvalue weighted by atomic mass is 10.0. The summed E-state index contributed by atoms with van der Waals surface area (Å²) < 4.78 is 10.5. The Bertz CT molecular complexity index is 1130. The Hall–Kier alpha value is -4.39. The molecule has 0 heterocycles. The summed E-state index contributed by atoms with van der Waals surface area (Å²) in [4.78, 5) is 36.9. The second kappa shape index (κ2) is 11.9. The van der Waals surface area contributed by atoms with Crippen molar-refractivity contribution in [2.24, 2.45) is 0 Å². The van der Waals surface area contributed by atoms with Gasteiger partial charge in [0.25, 0.3) is 5.91 Å². The van der Waals surface area contributed by atoms with Crippen molar-refractivity contribution in [1.29, 1.82) is 0 Å². The molecule has 3 rings (SSSR count). The Morgan fingerprint density at radius 3 is 2.18 bits per heavy atom. The third-order valence-electron chi connectivity index (χ3n) is 4.63. The SMILES string of the molecule is COc1ccccc1/C=C(/C(=O)OCC(=O)NC(=O)NCc1ccccc1)c1ccccc1. The number of urea groups is 1. The van der Waals surface area contributed by atoms with E-state index in [0.717, 1.165) is 5.56 Å². The molecule has 33 heavy (non-hydrogen) atoms. The largest absolute Gasteiger partial charge is 0.496 e. The van der Waals surface area contributed by atoms with E-state index in [1.54, 1.807) is 49.6 Å². The maximum Gasteiger partial charge on any atom is 0.339 e. The molecular weight excluding hydrogens is 420 g/mol. The fourth-order valence-electron chi connectivity index (χ4n) is 3.01. The molecule has 3 aromatic rings. The van der Waals surface area contributed by atoms with E-state index < -0.39 is 24.5 Å². The Morgan fingerprint density at radius 2 is 1.48 bits per heavy atom. The van der Waals surface area contributed by atoms with Crippen LogP contribution in [-0.4, -0.2) is 31.6 Å². The van der Waals surface area contributed by atoms with Crippen molar-refractivity contribution in [3.05, 3.63) is 102 Å². The number of benzene rings is 3. The van der Waals surface area contributed by atoms with E-state index in [1.807, 2.05) is 48.5 Å². The zero-order valence-electron chi connectivity index (χ0n) is 18.1. The maximum atomic E-state index is 12.8. The average Bonchev–Trinajstić information content (AvgIpc) is 2.86. The quantitative estimate of drug-likeness (QED) is 0.313. The number of hydrogen-bond donors (Lipinski definition) is 2. The lowest BCUT2D eigenvalue weighted by Crippen LogP contribution is -2.41. The molecule has 7 heteroatoms. The van der Waals surface area contributed by atoms with Gasteiger partial charge in [-0.25, -0.2) is 9.59 Å². The third kappa shape index (κ3) is 7.07. The number of esters is 1. The van der Waals surface area contributed by atoms with Gasteiger partial charge in [0.05, 0.1) is 12.7 Å². The van der Waals surface area contributed by atoms with E-state index >= 15 is 0 Å². The van der Waals surface area contributed by atoms with Gasteiger partial charge in [-0.05, 0) is 23.3 Å². The molecule has 0 aliphatic rings. The summed E-state index contributed by atoms with van der Waals surface area (Å²) in [6.07, 6.45) is 1.64. The molecule has 0 spiro atoms. The highest BCUT2D eigenvalue weighted by atomic mass is 16.5. The fourth-order valence-corrected chi connectivity index (χ4v) is 3.01. The van der Waals surface area contributed by atoms with E-state index in [2.05, 4.69) is 10.6 Å². The molecule has 0 saturated heterocycles. The van der Waals surface area contributed by atoms with Crippen molar-refractivity contribution < 1.29 is 23.9 Å². The van der Waals surface area contributed by atoms with Crippen LogP contribution in [0, 0.1) is 0 Å². The molecule has 0 aliphatic heterocycles. The first-order chi connectivity index (χ1) is 16.1. The molecule has 0 atom stereocenters. The van der Waals surface area contributed by atoms with Gasteiger partial charge < -0.3 is 14.8 Å². The first-order valence-corrected chi connectivity index (χ1v) is 10.3. The van der Waals surface area contributed by atoms with Crippen molar-refractivity contribution in [2.45, 2.75) is 6.54 Å². The normalized spacial score (nSPS) is 10.8. The number of nitrogens with one attached hydrogen (secondary N) is 2. The first-order valence-electron chi connectivity index (χ1n) is 10.3. The predicted molar refractivity (Wildman–Crippen MR) is 125 cm³/mol. The number of para-hydroxylation sites is 1. The lowest BCUT2D eigenvalue weighted by Gasteiger charge is -2.11. The minimum Gasteiger partial charge on any atom is -0.496 e. The molecular formula is C26H24N2O5. The van der Waals surface area contributed by atoms with Crippen LogP contribution in [0.2, 0.25) is 0 Å². The molecule has 0 fully saturated rings. The van der Waals surface area contributed by atoms with Crippen LogP contribution in [0.15, 0.2) is 84.9 Å². The van der Waals surface area contributed by atoms with E-state index in [0.29, 0.717) is 16.9 Å². The predicted octanol–water partition coefficient (Wildman–Crippen LogP) is 3.81. The van der Waals surface area contributed by atoms with Crippen molar-refractivity contribution in [1.82, 2.24) is 10.6 Å². The number of carbonyl (C=O) groups excluding carboxylic acids is 3. The monoisotopic (exact) mass is 444 g/mol. The minimum absolute atomic E-state index is 0.251. The van der Waals surface area contributed by atoms with Gasteiger partial charge in [0, 0.05) is 12.1 Å². The van der Waals surface area contributed by atoms with E-state index in [9.17, 15) is 14.4 Å². The van der Waals surface area contributed by atoms with Gasteiger partial charge in [-0.15, -0.1) is 0 Å². The van der Waals surface area contributed by atoms with Crippen molar-refractivity contribution in [3.8, 4) is 5.75 Å². The van der Waals surface area contributed by atoms with Crippen LogP contribution in [0.4, 0.5) is 4.79 Å². The molecule has 168 valence electrons. The molecule has 3 amide bonds. The number of methoxy groups -OCH3 is 1. The zero-order chi connectivity index (χ0) is 23.5. The highest BCUT2D eigenvalue weighted by Gasteiger charge is 2.17. The summed E-state index contributed by atoms with van der Waals surface area (Å²) >= 11 is 0. The lowest BCUT2D eigenvalue weighted by molar-refractivity contribution is -0.142. The number of carbonyl (C=O) groups is 3. The molecule has 0 bridgehead atoms. The Balaban J connectivity index is 1.63. The standard InChI is InChI=1S/C26H24N2O5/c1-32-23-15-9-8-14-21(23)16-22(20-12-6-3-7-13-20)25(30)33-18-24(29)28-26(31)27-17-19-10-4-2-5-11-19/h2-16H,17-18H2,1H3,(H2,27,28,29,31)/b22-16+.